The highest BCUT2D eigenvalue weighted by Crippen LogP contribution is 2.41. The minimum atomic E-state index is -2.91. The third-order valence-corrected chi connectivity index (χ3v) is 6.77. The smallest absolute Gasteiger partial charge is 0.410 e. The lowest BCUT2D eigenvalue weighted by Crippen LogP contribution is -2.51. The van der Waals surface area contributed by atoms with Gasteiger partial charge >= 0.3 is 11.8 Å². The van der Waals surface area contributed by atoms with Crippen LogP contribution in [0, 0.1) is 16.0 Å². The predicted molar refractivity (Wildman–Crippen MR) is 141 cm³/mol. The van der Waals surface area contributed by atoms with Crippen LogP contribution in [0.25, 0.3) is 11.1 Å². The number of rotatable bonds is 6. The number of hydrogen-bond acceptors (Lipinski definition) is 8. The van der Waals surface area contributed by atoms with E-state index in [-0.39, 0.29) is 6.09 Å². The molecule has 0 bridgehead atoms. The Morgan fingerprint density at radius 2 is 1.92 bits per heavy atom. The number of aryl methyl sites for hydroxylation is 1. The first-order chi connectivity index (χ1) is 19.9. The van der Waals surface area contributed by atoms with E-state index in [1.807, 2.05) is 25.7 Å². The van der Waals surface area contributed by atoms with Crippen molar-refractivity contribution in [2.75, 3.05) is 57.8 Å². The zero-order chi connectivity index (χ0) is 31.7. The molecule has 0 aliphatic carbocycles. The minimum absolute atomic E-state index is 0.300. The zero-order valence-corrected chi connectivity index (χ0v) is 21.5. The van der Waals surface area contributed by atoms with Gasteiger partial charge in [-0.3, -0.25) is 19.7 Å². The van der Waals surface area contributed by atoms with Crippen molar-refractivity contribution in [1.82, 2.24) is 19.6 Å². The number of carbonyl (C=O) groups is 1. The van der Waals surface area contributed by atoms with Gasteiger partial charge in [0.05, 0.1) is 22.3 Å². The molecule has 37 heavy (non-hydrogen) atoms. The molecule has 0 atom stereocenters. The van der Waals surface area contributed by atoms with E-state index in [9.17, 15) is 14.9 Å². The van der Waals surface area contributed by atoms with E-state index in [0.29, 0.717) is 48.9 Å². The van der Waals surface area contributed by atoms with Crippen LogP contribution in [0.2, 0.25) is 0 Å². The number of methoxy groups -OCH3 is 1. The number of benzene rings is 1. The number of ether oxygens (including phenoxy) is 2. The molecule has 0 unspecified atom stereocenters. The standard InChI is InChI=1S/C26H38N6O5/c1-26(2,3)37-25(33)31-12-10-29(11-13-31)17-19-6-8-30(9-7-19)22-15-24(36-5)23(32(34)35)14-21(22)20-16-27-28(4)18-20/h14-16,18-19H,6-13,17H2,1-5H3/i4D3,5D3. The SMILES string of the molecule is [2H]C([2H])([2H])Oc1cc(N2CCC(CN3CCN(C(=O)OC(C)(C)C)CC3)CC2)c(-c2cnn(C([2H])([2H])[2H])c2)cc1[N+](=O)[O-]. The van der Waals surface area contributed by atoms with Gasteiger partial charge in [-0.2, -0.15) is 5.10 Å². The molecular formula is C26H38N6O5. The van der Waals surface area contributed by atoms with Gasteiger partial charge in [0.1, 0.15) is 5.60 Å². The molecular weight excluding hydrogens is 476 g/mol. The van der Waals surface area contributed by atoms with Gasteiger partial charge in [-0.05, 0) is 39.5 Å². The van der Waals surface area contributed by atoms with Crippen LogP contribution in [0.1, 0.15) is 41.8 Å². The summed E-state index contributed by atoms with van der Waals surface area (Å²) in [5.41, 5.74) is 0.120. The van der Waals surface area contributed by atoms with Gasteiger partial charge in [0.15, 0.2) is 5.75 Å². The number of nitrogens with zero attached hydrogens (tertiary/aromatic N) is 6. The number of piperidine rings is 1. The van der Waals surface area contributed by atoms with Gasteiger partial charge in [0.25, 0.3) is 0 Å². The Morgan fingerprint density at radius 3 is 2.51 bits per heavy atom. The van der Waals surface area contributed by atoms with Crippen LogP contribution in [0.3, 0.4) is 0 Å². The Bertz CT molecular complexity index is 1310. The van der Waals surface area contributed by atoms with E-state index in [0.717, 1.165) is 37.2 Å². The minimum Gasteiger partial charge on any atom is -0.490 e. The van der Waals surface area contributed by atoms with Gasteiger partial charge in [-0.25, -0.2) is 4.79 Å². The van der Waals surface area contributed by atoms with Crippen molar-refractivity contribution in [3.8, 4) is 16.9 Å². The van der Waals surface area contributed by atoms with Crippen molar-refractivity contribution in [1.29, 1.82) is 0 Å². The van der Waals surface area contributed by atoms with E-state index in [4.69, 9.17) is 17.7 Å². The highest BCUT2D eigenvalue weighted by molar-refractivity contribution is 5.82. The van der Waals surface area contributed by atoms with E-state index in [2.05, 4.69) is 10.00 Å². The molecule has 0 saturated carbocycles. The van der Waals surface area contributed by atoms with Crippen molar-refractivity contribution in [3.63, 3.8) is 0 Å². The molecule has 1 aromatic heterocycles. The van der Waals surface area contributed by atoms with Crippen LogP contribution in [-0.4, -0.2) is 89.0 Å². The molecule has 2 aliphatic heterocycles. The Kier molecular flexibility index (Phi) is 5.84. The third-order valence-electron chi connectivity index (χ3n) is 6.77. The average Bonchev–Trinajstić information content (AvgIpc) is 3.38. The Balaban J connectivity index is 1.49. The molecule has 2 fully saturated rings. The summed E-state index contributed by atoms with van der Waals surface area (Å²) >= 11 is 0. The molecule has 1 aromatic carbocycles. The van der Waals surface area contributed by atoms with Crippen LogP contribution in [0.4, 0.5) is 16.2 Å². The summed E-state index contributed by atoms with van der Waals surface area (Å²) < 4.78 is 56.7. The molecule has 11 heteroatoms. The summed E-state index contributed by atoms with van der Waals surface area (Å²) in [6.45, 7) is 7.72. The van der Waals surface area contributed by atoms with Crippen molar-refractivity contribution < 1.29 is 27.4 Å². The number of hydrogen-bond donors (Lipinski definition) is 0. The largest absolute Gasteiger partial charge is 0.490 e. The summed E-state index contributed by atoms with van der Waals surface area (Å²) in [6.07, 6.45) is 3.94. The maximum atomic E-state index is 12.4. The van der Waals surface area contributed by atoms with Gasteiger partial charge in [-0.15, -0.1) is 0 Å². The normalized spacial score (nSPS) is 20.7. The van der Waals surface area contributed by atoms with Gasteiger partial charge in [0, 0.05) is 92.0 Å². The number of amides is 1. The highest BCUT2D eigenvalue weighted by Gasteiger charge is 2.30. The molecule has 0 radical (unpaired) electrons. The van der Waals surface area contributed by atoms with Crippen molar-refractivity contribution in [2.45, 2.75) is 39.2 Å². The topological polar surface area (TPSA) is 106 Å². The second-order valence-electron chi connectivity index (χ2n) is 10.6. The lowest BCUT2D eigenvalue weighted by atomic mass is 9.94. The first-order valence-electron chi connectivity index (χ1n) is 15.4. The fourth-order valence-corrected chi connectivity index (χ4v) is 4.90. The number of aromatic nitrogens is 2. The van der Waals surface area contributed by atoms with Crippen molar-refractivity contribution in [3.05, 3.63) is 34.6 Å². The molecule has 2 aromatic rings. The third kappa shape index (κ3) is 6.51. The summed E-state index contributed by atoms with van der Waals surface area (Å²) in [6, 6.07) is 2.57. The van der Waals surface area contributed by atoms with Crippen molar-refractivity contribution >= 4 is 17.5 Å². The second kappa shape index (κ2) is 11.0. The molecule has 11 nitrogen and oxygen atoms in total. The lowest BCUT2D eigenvalue weighted by Gasteiger charge is -2.40. The maximum absolute atomic E-state index is 12.4. The van der Waals surface area contributed by atoms with Crippen LogP contribution in [0.5, 0.6) is 5.75 Å². The fourth-order valence-electron chi connectivity index (χ4n) is 4.90. The molecule has 0 spiro atoms. The summed E-state index contributed by atoms with van der Waals surface area (Å²) in [5.74, 6) is -0.0147. The van der Waals surface area contributed by atoms with Gasteiger partial charge in [0.2, 0.25) is 0 Å². The second-order valence-corrected chi connectivity index (χ2v) is 10.6. The molecule has 0 N–H and O–H groups in total. The van der Waals surface area contributed by atoms with E-state index < -0.39 is 36.0 Å². The average molecular weight is 521 g/mol. The molecule has 2 aliphatic rings. The van der Waals surface area contributed by atoms with Crippen LogP contribution in [-0.2, 0) is 11.7 Å². The molecule has 1 amide bonds. The van der Waals surface area contributed by atoms with Crippen LogP contribution >= 0.6 is 0 Å². The lowest BCUT2D eigenvalue weighted by molar-refractivity contribution is -0.385. The molecule has 3 heterocycles. The Hall–Kier alpha value is -3.34. The summed E-state index contributed by atoms with van der Waals surface area (Å²) in [5, 5.41) is 15.8. The molecule has 2 saturated heterocycles. The maximum Gasteiger partial charge on any atom is 0.410 e. The number of nitro groups is 1. The van der Waals surface area contributed by atoms with E-state index >= 15 is 0 Å². The first-order valence-corrected chi connectivity index (χ1v) is 12.4. The highest BCUT2D eigenvalue weighted by atomic mass is 16.6. The predicted octanol–water partition coefficient (Wildman–Crippen LogP) is 3.77. The summed E-state index contributed by atoms with van der Waals surface area (Å²) in [7, 11) is -2.91. The molecule has 202 valence electrons. The number of piperazine rings is 1. The number of anilines is 1. The quantitative estimate of drug-likeness (QED) is 0.419. The van der Waals surface area contributed by atoms with Crippen molar-refractivity contribution in [2.24, 2.45) is 12.9 Å². The zero-order valence-electron chi connectivity index (χ0n) is 27.5. The fraction of sp³-hybridized carbons (Fsp3) is 0.615. The summed E-state index contributed by atoms with van der Waals surface area (Å²) in [4.78, 5) is 29.6. The number of carbonyl (C=O) groups excluding carboxylic acids is 1. The monoisotopic (exact) mass is 520 g/mol. The Labute approximate surface area is 226 Å². The van der Waals surface area contributed by atoms with Gasteiger partial charge in [-0.1, -0.05) is 0 Å². The van der Waals surface area contributed by atoms with Crippen LogP contribution in [0.15, 0.2) is 24.5 Å². The van der Waals surface area contributed by atoms with E-state index in [1.165, 1.54) is 24.5 Å². The Morgan fingerprint density at radius 1 is 1.19 bits per heavy atom. The van der Waals surface area contributed by atoms with Crippen LogP contribution < -0.4 is 9.64 Å². The first kappa shape index (κ1) is 19.7. The molecule has 4 rings (SSSR count). The number of nitro benzene ring substituents is 1. The van der Waals surface area contributed by atoms with Gasteiger partial charge < -0.3 is 19.3 Å². The van der Waals surface area contributed by atoms with E-state index in [1.54, 1.807) is 4.90 Å².